The molecule has 1 N–H and O–H groups in total. The van der Waals surface area contributed by atoms with Gasteiger partial charge in [0.15, 0.2) is 6.10 Å². The molecule has 0 spiro atoms. The summed E-state index contributed by atoms with van der Waals surface area (Å²) in [6, 6.07) is 7.14. The number of amides is 1. The molecule has 0 aliphatic carbocycles. The quantitative estimate of drug-likeness (QED) is 0.869. The van der Waals surface area contributed by atoms with Crippen molar-refractivity contribution in [2.45, 2.75) is 20.0 Å². The maximum Gasteiger partial charge on any atom is 0.357 e. The summed E-state index contributed by atoms with van der Waals surface area (Å²) in [5.41, 5.74) is 0.745. The maximum atomic E-state index is 13.4. The summed E-state index contributed by atoms with van der Waals surface area (Å²) in [7, 11) is 0. The summed E-state index contributed by atoms with van der Waals surface area (Å²) in [6.45, 7) is 3.02. The number of halogens is 2. The molecule has 2 rings (SSSR count). The molecule has 2 aromatic rings. The molecule has 1 aromatic heterocycles. The Morgan fingerprint density at radius 3 is 2.70 bits per heavy atom. The van der Waals surface area contributed by atoms with Crippen LogP contribution in [0, 0.1) is 12.7 Å². The fourth-order valence-electron chi connectivity index (χ4n) is 1.71. The van der Waals surface area contributed by atoms with E-state index in [1.807, 2.05) is 0 Å². The van der Waals surface area contributed by atoms with Crippen molar-refractivity contribution in [3.8, 4) is 0 Å². The molecule has 0 saturated carbocycles. The third-order valence-corrected chi connectivity index (χ3v) is 3.26. The molecule has 0 unspecified atom stereocenters. The number of carbonyl (C=O) groups excluding carboxylic acids is 2. The SMILES string of the molecule is Cc1ccc(NC(=O)[C@H](C)OC(=O)c2cc(Cl)ccn2)cc1F. The predicted molar refractivity (Wildman–Crippen MR) is 83.9 cm³/mol. The van der Waals surface area contributed by atoms with Gasteiger partial charge in [-0.1, -0.05) is 17.7 Å². The first-order valence-electron chi connectivity index (χ1n) is 6.76. The Labute approximate surface area is 137 Å². The Morgan fingerprint density at radius 1 is 1.30 bits per heavy atom. The zero-order valence-corrected chi connectivity index (χ0v) is 13.2. The molecule has 0 bridgehead atoms. The fraction of sp³-hybridized carbons (Fsp3) is 0.188. The van der Waals surface area contributed by atoms with E-state index >= 15 is 0 Å². The first kappa shape index (κ1) is 16.9. The van der Waals surface area contributed by atoms with Gasteiger partial charge in [0.1, 0.15) is 11.5 Å². The highest BCUT2D eigenvalue weighted by atomic mass is 35.5. The molecule has 120 valence electrons. The van der Waals surface area contributed by atoms with Crippen LogP contribution in [0.15, 0.2) is 36.5 Å². The number of aryl methyl sites for hydroxylation is 1. The number of benzene rings is 1. The molecule has 7 heteroatoms. The molecule has 5 nitrogen and oxygen atoms in total. The topological polar surface area (TPSA) is 68.3 Å². The van der Waals surface area contributed by atoms with E-state index in [0.29, 0.717) is 10.6 Å². The van der Waals surface area contributed by atoms with Crippen molar-refractivity contribution < 1.29 is 18.7 Å². The summed E-state index contributed by atoms with van der Waals surface area (Å²) >= 11 is 5.76. The largest absolute Gasteiger partial charge is 0.448 e. The van der Waals surface area contributed by atoms with Crippen LogP contribution >= 0.6 is 11.6 Å². The summed E-state index contributed by atoms with van der Waals surface area (Å²) in [5.74, 6) is -1.79. The zero-order chi connectivity index (χ0) is 17.0. The molecule has 0 aliphatic heterocycles. The van der Waals surface area contributed by atoms with Gasteiger partial charge < -0.3 is 10.1 Å². The summed E-state index contributed by atoms with van der Waals surface area (Å²) in [5, 5.41) is 2.81. The van der Waals surface area contributed by atoms with E-state index < -0.39 is 23.8 Å². The lowest BCUT2D eigenvalue weighted by Gasteiger charge is -2.13. The number of anilines is 1. The standard InChI is InChI=1S/C16H14ClFN2O3/c1-9-3-4-12(8-13(9)18)20-15(21)10(2)23-16(22)14-7-11(17)5-6-19-14/h3-8,10H,1-2H3,(H,20,21)/t10-/m0/s1. The number of hydrogen-bond donors (Lipinski definition) is 1. The van der Waals surface area contributed by atoms with E-state index in [1.54, 1.807) is 13.0 Å². The highest BCUT2D eigenvalue weighted by molar-refractivity contribution is 6.30. The molecule has 1 heterocycles. The van der Waals surface area contributed by atoms with Crippen LogP contribution in [0.4, 0.5) is 10.1 Å². The monoisotopic (exact) mass is 336 g/mol. The molecule has 0 aliphatic rings. The number of aromatic nitrogens is 1. The molecular weight excluding hydrogens is 323 g/mol. The van der Waals surface area contributed by atoms with Gasteiger partial charge in [0.05, 0.1) is 0 Å². The third-order valence-electron chi connectivity index (χ3n) is 3.02. The van der Waals surface area contributed by atoms with Gasteiger partial charge in [0.2, 0.25) is 0 Å². The van der Waals surface area contributed by atoms with E-state index in [-0.39, 0.29) is 11.4 Å². The van der Waals surface area contributed by atoms with Crippen molar-refractivity contribution in [2.75, 3.05) is 5.32 Å². The molecule has 1 aromatic carbocycles. The van der Waals surface area contributed by atoms with E-state index in [1.165, 1.54) is 37.4 Å². The Morgan fingerprint density at radius 2 is 2.04 bits per heavy atom. The van der Waals surface area contributed by atoms with Crippen molar-refractivity contribution >= 4 is 29.2 Å². The minimum atomic E-state index is -1.08. The molecular formula is C16H14ClFN2O3. The second-order valence-corrected chi connectivity index (χ2v) is 5.30. The van der Waals surface area contributed by atoms with Gasteiger partial charge in [-0.3, -0.25) is 4.79 Å². The van der Waals surface area contributed by atoms with Gasteiger partial charge in [-0.15, -0.1) is 0 Å². The summed E-state index contributed by atoms with van der Waals surface area (Å²) < 4.78 is 18.5. The average molecular weight is 337 g/mol. The third kappa shape index (κ3) is 4.50. The highest BCUT2D eigenvalue weighted by Crippen LogP contribution is 2.15. The van der Waals surface area contributed by atoms with Crippen molar-refractivity contribution in [2.24, 2.45) is 0 Å². The normalized spacial score (nSPS) is 11.7. The first-order chi connectivity index (χ1) is 10.9. The second kappa shape index (κ2) is 7.19. The summed E-state index contributed by atoms with van der Waals surface area (Å²) in [4.78, 5) is 27.7. The zero-order valence-electron chi connectivity index (χ0n) is 12.5. The van der Waals surface area contributed by atoms with Crippen LogP contribution < -0.4 is 5.32 Å². The lowest BCUT2D eigenvalue weighted by molar-refractivity contribution is -0.123. The van der Waals surface area contributed by atoms with Crippen molar-refractivity contribution in [3.05, 3.63) is 58.6 Å². The number of ether oxygens (including phenoxy) is 1. The van der Waals surface area contributed by atoms with Crippen LogP contribution in [0.3, 0.4) is 0 Å². The van der Waals surface area contributed by atoms with E-state index in [4.69, 9.17) is 16.3 Å². The van der Waals surface area contributed by atoms with Gasteiger partial charge in [-0.05, 0) is 43.7 Å². The van der Waals surface area contributed by atoms with E-state index in [0.717, 1.165) is 0 Å². The lowest BCUT2D eigenvalue weighted by Crippen LogP contribution is -2.30. The first-order valence-corrected chi connectivity index (χ1v) is 7.14. The second-order valence-electron chi connectivity index (χ2n) is 4.86. The Kier molecular flexibility index (Phi) is 5.28. The fourth-order valence-corrected chi connectivity index (χ4v) is 1.87. The van der Waals surface area contributed by atoms with Crippen molar-refractivity contribution in [1.82, 2.24) is 4.98 Å². The minimum absolute atomic E-state index is 0.00136. The van der Waals surface area contributed by atoms with Gasteiger partial charge in [0.25, 0.3) is 5.91 Å². The minimum Gasteiger partial charge on any atom is -0.448 e. The van der Waals surface area contributed by atoms with Crippen molar-refractivity contribution in [1.29, 1.82) is 0 Å². The van der Waals surface area contributed by atoms with E-state index in [2.05, 4.69) is 10.3 Å². The number of carbonyl (C=O) groups is 2. The number of rotatable bonds is 4. The van der Waals surface area contributed by atoms with Gasteiger partial charge >= 0.3 is 5.97 Å². The number of nitrogens with zero attached hydrogens (tertiary/aromatic N) is 1. The molecule has 0 radical (unpaired) electrons. The Hall–Kier alpha value is -2.47. The highest BCUT2D eigenvalue weighted by Gasteiger charge is 2.20. The Balaban J connectivity index is 1.99. The van der Waals surface area contributed by atoms with Gasteiger partial charge in [-0.2, -0.15) is 0 Å². The molecule has 1 amide bonds. The average Bonchev–Trinajstić information content (AvgIpc) is 2.50. The molecule has 23 heavy (non-hydrogen) atoms. The van der Waals surface area contributed by atoms with Crippen LogP contribution in [0.1, 0.15) is 23.0 Å². The predicted octanol–water partition coefficient (Wildman–Crippen LogP) is 3.37. The molecule has 1 atom stereocenters. The summed E-state index contributed by atoms with van der Waals surface area (Å²) in [6.07, 6.45) is 0.284. The number of nitrogens with one attached hydrogen (secondary N) is 1. The number of pyridine rings is 1. The number of esters is 1. The van der Waals surface area contributed by atoms with Crippen LogP contribution in [-0.4, -0.2) is 23.0 Å². The maximum absolute atomic E-state index is 13.4. The number of hydrogen-bond acceptors (Lipinski definition) is 4. The molecule has 0 saturated heterocycles. The van der Waals surface area contributed by atoms with E-state index in [9.17, 15) is 14.0 Å². The Bertz CT molecular complexity index is 752. The van der Waals surface area contributed by atoms with Gasteiger partial charge in [0, 0.05) is 16.9 Å². The van der Waals surface area contributed by atoms with Crippen molar-refractivity contribution in [3.63, 3.8) is 0 Å². The van der Waals surface area contributed by atoms with Crippen LogP contribution in [-0.2, 0) is 9.53 Å². The van der Waals surface area contributed by atoms with Crippen LogP contribution in [0.25, 0.3) is 0 Å². The molecule has 0 fully saturated rings. The lowest BCUT2D eigenvalue weighted by atomic mass is 10.2. The van der Waals surface area contributed by atoms with Crippen LogP contribution in [0.5, 0.6) is 0 Å². The van der Waals surface area contributed by atoms with Gasteiger partial charge in [-0.25, -0.2) is 14.2 Å². The smallest absolute Gasteiger partial charge is 0.357 e. The van der Waals surface area contributed by atoms with Crippen LogP contribution in [0.2, 0.25) is 5.02 Å².